The molecule has 0 aliphatic rings. The Morgan fingerprint density at radius 1 is 0.480 bits per heavy atom. The summed E-state index contributed by atoms with van der Waals surface area (Å²) in [5.74, 6) is 0.571. The van der Waals surface area contributed by atoms with Gasteiger partial charge in [-0.3, -0.25) is 4.57 Å². The molecule has 0 bridgehead atoms. The second-order valence-corrected chi connectivity index (χ2v) is 13.9. The third-order valence-electron chi connectivity index (χ3n) is 10.2. The van der Waals surface area contributed by atoms with E-state index < -0.39 is 0 Å². The van der Waals surface area contributed by atoms with E-state index in [0.717, 1.165) is 66.0 Å². The molecule has 0 radical (unpaired) electrons. The molecule has 0 amide bonds. The van der Waals surface area contributed by atoms with Gasteiger partial charge in [-0.25, -0.2) is 4.98 Å². The first-order valence-corrected chi connectivity index (χ1v) is 17.5. The molecule has 0 aliphatic heterocycles. The zero-order valence-electron chi connectivity index (χ0n) is 26.3. The van der Waals surface area contributed by atoms with Crippen LogP contribution in [0.5, 0.6) is 0 Å². The lowest BCUT2D eigenvalue weighted by molar-refractivity contribution is 0.651. The van der Waals surface area contributed by atoms with Crippen molar-refractivity contribution in [3.8, 4) is 17.2 Å². The Morgan fingerprint density at radius 2 is 1.14 bits per heavy atom. The second kappa shape index (κ2) is 9.56. The molecule has 0 saturated heterocycles. The Bertz CT molecular complexity index is 3400. The van der Waals surface area contributed by atoms with Gasteiger partial charge < -0.3 is 8.83 Å². The van der Waals surface area contributed by atoms with Crippen LogP contribution in [0.3, 0.4) is 0 Å². The fourth-order valence-electron chi connectivity index (χ4n) is 8.12. The van der Waals surface area contributed by atoms with E-state index in [-0.39, 0.29) is 0 Å². The summed E-state index contributed by atoms with van der Waals surface area (Å²) in [6, 6.07) is 48.8. The minimum absolute atomic E-state index is 0.557. The van der Waals surface area contributed by atoms with Crippen molar-refractivity contribution < 1.29 is 8.83 Å². The van der Waals surface area contributed by atoms with Crippen LogP contribution in [0.2, 0.25) is 0 Å². The van der Waals surface area contributed by atoms with E-state index in [9.17, 15) is 0 Å². The molecule has 5 aromatic heterocycles. The van der Waals surface area contributed by atoms with Gasteiger partial charge in [0.25, 0.3) is 0 Å². The molecular weight excluding hydrogens is 635 g/mol. The number of benzene rings is 7. The number of fused-ring (bicyclic) bond motifs is 16. The van der Waals surface area contributed by atoms with Crippen molar-refractivity contribution in [2.24, 2.45) is 0 Å². The summed E-state index contributed by atoms with van der Waals surface area (Å²) in [5.41, 5.74) is 7.00. The van der Waals surface area contributed by atoms with Crippen LogP contribution in [0, 0.1) is 0 Å². The minimum atomic E-state index is 0.557. The van der Waals surface area contributed by atoms with Crippen molar-refractivity contribution in [1.82, 2.24) is 14.5 Å². The van der Waals surface area contributed by atoms with Gasteiger partial charge in [0.05, 0.1) is 22.1 Å². The summed E-state index contributed by atoms with van der Waals surface area (Å²) in [6.45, 7) is 0. The number of hydrogen-bond donors (Lipinski definition) is 0. The molecule has 0 spiro atoms. The molecule has 12 aromatic rings. The number of thiophene rings is 1. The standard InChI is InChI=1S/C44H23N3O2S/c1-2-13-27-26(12-1)37-28-14-3-7-17-32(28)47(41(37)39-30-16-6-10-20-36(30)50-42(27)39)44-45-40(38-29-15-5-9-19-34(29)49-43(38)46-44)24-21-22-35-31(23-24)25-11-4-8-18-33(25)48-35/h1-23H. The highest BCUT2D eigenvalue weighted by molar-refractivity contribution is 7.27. The molecule has 0 N–H and O–H groups in total. The SMILES string of the molecule is c1ccc2c(c1)oc1ccc(-c3nc(-n4c5ccccc5c5c6ccccc6c6sc7ccccc7c6c54)nc4oc5ccccc5c34)cc12. The highest BCUT2D eigenvalue weighted by Gasteiger charge is 2.25. The van der Waals surface area contributed by atoms with Gasteiger partial charge in [0, 0.05) is 58.1 Å². The van der Waals surface area contributed by atoms with Crippen molar-refractivity contribution in [3.63, 3.8) is 0 Å². The zero-order valence-corrected chi connectivity index (χ0v) is 27.2. The topological polar surface area (TPSA) is 57.0 Å². The molecule has 50 heavy (non-hydrogen) atoms. The van der Waals surface area contributed by atoms with Crippen molar-refractivity contribution >= 4 is 108 Å². The smallest absolute Gasteiger partial charge is 0.238 e. The first-order valence-electron chi connectivity index (χ1n) is 16.7. The molecule has 0 saturated carbocycles. The van der Waals surface area contributed by atoms with Gasteiger partial charge in [0.2, 0.25) is 11.7 Å². The monoisotopic (exact) mass is 657 g/mol. The van der Waals surface area contributed by atoms with Crippen LogP contribution < -0.4 is 0 Å². The average Bonchev–Trinajstić information content (AvgIpc) is 3.93. The van der Waals surface area contributed by atoms with Crippen LogP contribution in [-0.2, 0) is 0 Å². The highest BCUT2D eigenvalue weighted by atomic mass is 32.1. The van der Waals surface area contributed by atoms with Gasteiger partial charge in [-0.05, 0) is 47.9 Å². The van der Waals surface area contributed by atoms with Gasteiger partial charge in [-0.15, -0.1) is 11.3 Å². The maximum absolute atomic E-state index is 6.55. The number of rotatable bonds is 2. The molecule has 6 heteroatoms. The summed E-state index contributed by atoms with van der Waals surface area (Å²) < 4.78 is 17.6. The van der Waals surface area contributed by atoms with Crippen LogP contribution in [-0.4, -0.2) is 14.5 Å². The molecule has 7 aromatic carbocycles. The quantitative estimate of drug-likeness (QED) is 0.186. The Kier molecular flexibility index (Phi) is 5.06. The van der Waals surface area contributed by atoms with E-state index in [2.05, 4.69) is 108 Å². The first kappa shape index (κ1) is 26.5. The van der Waals surface area contributed by atoms with E-state index in [1.54, 1.807) is 0 Å². The minimum Gasteiger partial charge on any atom is -0.456 e. The number of para-hydroxylation sites is 3. The van der Waals surface area contributed by atoms with Crippen molar-refractivity contribution in [2.75, 3.05) is 0 Å². The Hall–Kier alpha value is -6.50. The molecule has 232 valence electrons. The van der Waals surface area contributed by atoms with Crippen LogP contribution >= 0.6 is 11.3 Å². The predicted molar refractivity (Wildman–Crippen MR) is 207 cm³/mol. The lowest BCUT2D eigenvalue weighted by Crippen LogP contribution is -2.03. The van der Waals surface area contributed by atoms with Crippen LogP contribution in [0.1, 0.15) is 0 Å². The lowest BCUT2D eigenvalue weighted by Gasteiger charge is -2.11. The van der Waals surface area contributed by atoms with Crippen LogP contribution in [0.15, 0.2) is 148 Å². The number of nitrogens with zero attached hydrogens (tertiary/aromatic N) is 3. The fourth-order valence-corrected chi connectivity index (χ4v) is 9.36. The molecule has 0 unspecified atom stereocenters. The molecule has 0 aliphatic carbocycles. The summed E-state index contributed by atoms with van der Waals surface area (Å²) in [6.07, 6.45) is 0. The Balaban J connectivity index is 1.28. The molecule has 5 heterocycles. The Morgan fingerprint density at radius 3 is 2.00 bits per heavy atom. The van der Waals surface area contributed by atoms with Crippen LogP contribution in [0.25, 0.3) is 114 Å². The van der Waals surface area contributed by atoms with Gasteiger partial charge in [0.1, 0.15) is 16.7 Å². The Labute approximate surface area is 287 Å². The third kappa shape index (κ3) is 3.40. The summed E-state index contributed by atoms with van der Waals surface area (Å²) >= 11 is 1.85. The van der Waals surface area contributed by atoms with Crippen molar-refractivity contribution in [1.29, 1.82) is 0 Å². The molecule has 12 rings (SSSR count). The first-order chi connectivity index (χ1) is 24.8. The van der Waals surface area contributed by atoms with Crippen LogP contribution in [0.4, 0.5) is 0 Å². The third-order valence-corrected chi connectivity index (χ3v) is 11.4. The summed E-state index contributed by atoms with van der Waals surface area (Å²) in [5, 5.41) is 11.3. The molecule has 0 fully saturated rings. The predicted octanol–water partition coefficient (Wildman–Crippen LogP) is 12.6. The second-order valence-electron chi connectivity index (χ2n) is 12.9. The largest absolute Gasteiger partial charge is 0.456 e. The van der Waals surface area contributed by atoms with Gasteiger partial charge in [0.15, 0.2) is 0 Å². The summed E-state index contributed by atoms with van der Waals surface area (Å²) in [7, 11) is 0. The molecular formula is C44H23N3O2S. The number of aromatic nitrogens is 3. The number of hydrogen-bond acceptors (Lipinski definition) is 5. The lowest BCUT2D eigenvalue weighted by atomic mass is 10.00. The number of furan rings is 2. The highest BCUT2D eigenvalue weighted by Crippen LogP contribution is 2.48. The van der Waals surface area contributed by atoms with Crippen molar-refractivity contribution in [3.05, 3.63) is 140 Å². The van der Waals surface area contributed by atoms with Crippen molar-refractivity contribution in [2.45, 2.75) is 0 Å². The maximum atomic E-state index is 6.55. The summed E-state index contributed by atoms with van der Waals surface area (Å²) in [4.78, 5) is 10.8. The fraction of sp³-hybridized carbons (Fsp3) is 0. The maximum Gasteiger partial charge on any atom is 0.238 e. The molecule has 0 atom stereocenters. The van der Waals surface area contributed by atoms with Gasteiger partial charge >= 0.3 is 0 Å². The van der Waals surface area contributed by atoms with E-state index in [1.807, 2.05) is 47.7 Å². The van der Waals surface area contributed by atoms with E-state index in [0.29, 0.717) is 11.7 Å². The average molecular weight is 658 g/mol. The van der Waals surface area contributed by atoms with Gasteiger partial charge in [-0.2, -0.15) is 4.98 Å². The zero-order chi connectivity index (χ0) is 32.5. The van der Waals surface area contributed by atoms with E-state index >= 15 is 0 Å². The van der Waals surface area contributed by atoms with E-state index in [1.165, 1.54) is 36.3 Å². The van der Waals surface area contributed by atoms with Gasteiger partial charge in [-0.1, -0.05) is 97.1 Å². The molecule has 5 nitrogen and oxygen atoms in total. The normalized spacial score (nSPS) is 12.4. The van der Waals surface area contributed by atoms with E-state index in [4.69, 9.17) is 18.8 Å².